The fourth-order valence-corrected chi connectivity index (χ4v) is 5.32. The summed E-state index contributed by atoms with van der Waals surface area (Å²) in [5.74, 6) is -1.15. The van der Waals surface area contributed by atoms with E-state index in [1.165, 1.54) is 12.1 Å². The standard InChI is InChI=1S/C38H31FN4O2/c39-32-21-23-33(24-22-32)43-35(25-34(41-43)29-15-7-2-8-16-29)40-36(44)27-42(26-28-13-5-1-6-14-28)38(45)37(30-17-9-3-10-18-30)31-19-11-4-12-20-31/h1-25,37H,26-27H2,(H,40,44). The third-order valence-corrected chi connectivity index (χ3v) is 7.49. The summed E-state index contributed by atoms with van der Waals surface area (Å²) in [5, 5.41) is 7.70. The normalized spacial score (nSPS) is 10.9. The molecule has 0 atom stereocenters. The van der Waals surface area contributed by atoms with Crippen LogP contribution in [0, 0.1) is 5.82 Å². The molecule has 1 aromatic heterocycles. The van der Waals surface area contributed by atoms with Crippen molar-refractivity contribution in [3.05, 3.63) is 174 Å². The highest BCUT2D eigenvalue weighted by atomic mass is 19.1. The summed E-state index contributed by atoms with van der Waals surface area (Å²) < 4.78 is 15.3. The molecule has 0 aliphatic heterocycles. The number of nitrogens with one attached hydrogen (secondary N) is 1. The molecule has 0 fully saturated rings. The number of carbonyl (C=O) groups excluding carboxylic acids is 2. The first-order valence-corrected chi connectivity index (χ1v) is 14.7. The molecule has 0 saturated heterocycles. The van der Waals surface area contributed by atoms with Crippen LogP contribution in [0.2, 0.25) is 0 Å². The number of rotatable bonds is 10. The Morgan fingerprint density at radius 2 is 1.24 bits per heavy atom. The molecule has 45 heavy (non-hydrogen) atoms. The number of nitrogens with zero attached hydrogens (tertiary/aromatic N) is 3. The fourth-order valence-electron chi connectivity index (χ4n) is 5.32. The molecule has 6 aromatic rings. The van der Waals surface area contributed by atoms with Crippen molar-refractivity contribution in [2.75, 3.05) is 11.9 Å². The molecule has 222 valence electrons. The maximum atomic E-state index is 14.4. The first kappa shape index (κ1) is 29.3. The smallest absolute Gasteiger partial charge is 0.245 e. The lowest BCUT2D eigenvalue weighted by molar-refractivity contribution is -0.135. The van der Waals surface area contributed by atoms with Crippen LogP contribution in [0.1, 0.15) is 22.6 Å². The molecule has 1 N–H and O–H groups in total. The van der Waals surface area contributed by atoms with Crippen LogP contribution >= 0.6 is 0 Å². The van der Waals surface area contributed by atoms with E-state index in [0.717, 1.165) is 22.3 Å². The number of aromatic nitrogens is 2. The van der Waals surface area contributed by atoms with E-state index in [1.807, 2.05) is 121 Å². The Balaban J connectivity index is 1.33. The molecule has 6 nitrogen and oxygen atoms in total. The highest BCUT2D eigenvalue weighted by Crippen LogP contribution is 2.29. The van der Waals surface area contributed by atoms with Gasteiger partial charge in [-0.1, -0.05) is 121 Å². The summed E-state index contributed by atoms with van der Waals surface area (Å²) in [6, 6.07) is 46.1. The van der Waals surface area contributed by atoms with Gasteiger partial charge in [0, 0.05) is 18.2 Å². The molecule has 7 heteroatoms. The topological polar surface area (TPSA) is 67.2 Å². The molecule has 0 saturated carbocycles. The molecule has 1 heterocycles. The first-order chi connectivity index (χ1) is 22.0. The minimum Gasteiger partial charge on any atom is -0.328 e. The lowest BCUT2D eigenvalue weighted by Crippen LogP contribution is -2.40. The van der Waals surface area contributed by atoms with Gasteiger partial charge in [0.15, 0.2) is 0 Å². The van der Waals surface area contributed by atoms with E-state index in [0.29, 0.717) is 17.2 Å². The maximum Gasteiger partial charge on any atom is 0.245 e. The van der Waals surface area contributed by atoms with Gasteiger partial charge in [0.1, 0.15) is 18.2 Å². The Labute approximate surface area is 261 Å². The average Bonchev–Trinajstić information content (AvgIpc) is 3.50. The number of halogens is 1. The molecule has 0 radical (unpaired) electrons. The van der Waals surface area contributed by atoms with E-state index in [9.17, 15) is 14.0 Å². The number of hydrogen-bond acceptors (Lipinski definition) is 3. The van der Waals surface area contributed by atoms with Crippen LogP contribution in [0.15, 0.2) is 152 Å². The molecule has 0 aliphatic rings. The second kappa shape index (κ2) is 13.7. The van der Waals surface area contributed by atoms with Gasteiger partial charge in [-0.25, -0.2) is 9.07 Å². The van der Waals surface area contributed by atoms with Gasteiger partial charge in [-0.15, -0.1) is 0 Å². The van der Waals surface area contributed by atoms with Crippen LogP contribution in [0.4, 0.5) is 10.2 Å². The average molecular weight is 595 g/mol. The number of carbonyl (C=O) groups is 2. The van der Waals surface area contributed by atoms with Gasteiger partial charge in [-0.05, 0) is 41.0 Å². The van der Waals surface area contributed by atoms with Gasteiger partial charge < -0.3 is 10.2 Å². The summed E-state index contributed by atoms with van der Waals surface area (Å²) in [6.45, 7) is 0.0505. The van der Waals surface area contributed by atoms with Gasteiger partial charge in [0.2, 0.25) is 11.8 Å². The fraction of sp³-hybridized carbons (Fsp3) is 0.0789. The number of amides is 2. The molecule has 0 unspecified atom stereocenters. The maximum absolute atomic E-state index is 14.4. The van der Waals surface area contributed by atoms with Crippen molar-refractivity contribution in [3.63, 3.8) is 0 Å². The molecule has 6 rings (SSSR count). The highest BCUT2D eigenvalue weighted by Gasteiger charge is 2.29. The van der Waals surface area contributed by atoms with Crippen LogP contribution in [0.5, 0.6) is 0 Å². The molecule has 0 aliphatic carbocycles. The van der Waals surface area contributed by atoms with Gasteiger partial charge in [-0.2, -0.15) is 5.10 Å². The Kier molecular flexibility index (Phi) is 8.88. The van der Waals surface area contributed by atoms with Crippen molar-refractivity contribution in [2.45, 2.75) is 12.5 Å². The van der Waals surface area contributed by atoms with E-state index in [1.54, 1.807) is 27.8 Å². The summed E-state index contributed by atoms with van der Waals surface area (Å²) in [4.78, 5) is 29.8. The van der Waals surface area contributed by atoms with E-state index >= 15 is 0 Å². The van der Waals surface area contributed by atoms with E-state index in [4.69, 9.17) is 5.10 Å². The third kappa shape index (κ3) is 7.05. The number of hydrogen-bond donors (Lipinski definition) is 1. The predicted molar refractivity (Wildman–Crippen MR) is 174 cm³/mol. The summed E-state index contributed by atoms with van der Waals surface area (Å²) in [7, 11) is 0. The molecular formula is C38H31FN4O2. The van der Waals surface area contributed by atoms with Crippen molar-refractivity contribution >= 4 is 17.6 Å². The zero-order valence-corrected chi connectivity index (χ0v) is 24.5. The van der Waals surface area contributed by atoms with Crippen LogP contribution < -0.4 is 5.32 Å². The predicted octanol–water partition coefficient (Wildman–Crippen LogP) is 7.48. The van der Waals surface area contributed by atoms with Gasteiger partial charge in [0.05, 0.1) is 17.3 Å². The van der Waals surface area contributed by atoms with Gasteiger partial charge in [-0.3, -0.25) is 9.59 Å². The minimum absolute atomic E-state index is 0.191. The second-order valence-electron chi connectivity index (χ2n) is 10.7. The van der Waals surface area contributed by atoms with Crippen molar-refractivity contribution < 1.29 is 14.0 Å². The van der Waals surface area contributed by atoms with Crippen LogP contribution in [-0.2, 0) is 16.1 Å². The van der Waals surface area contributed by atoms with Gasteiger partial charge in [0.25, 0.3) is 0 Å². The summed E-state index contributed by atoms with van der Waals surface area (Å²) in [5.41, 5.74) is 4.67. The van der Waals surface area contributed by atoms with E-state index < -0.39 is 5.92 Å². The van der Waals surface area contributed by atoms with Crippen LogP contribution in [0.25, 0.3) is 16.9 Å². The second-order valence-corrected chi connectivity index (χ2v) is 10.7. The number of anilines is 1. The molecule has 0 bridgehead atoms. The summed E-state index contributed by atoms with van der Waals surface area (Å²) in [6.07, 6.45) is 0. The molecular weight excluding hydrogens is 563 g/mol. The Morgan fingerprint density at radius 1 is 0.711 bits per heavy atom. The molecule has 5 aromatic carbocycles. The van der Waals surface area contributed by atoms with Crippen molar-refractivity contribution in [1.82, 2.24) is 14.7 Å². The van der Waals surface area contributed by atoms with Crippen molar-refractivity contribution in [1.29, 1.82) is 0 Å². The van der Waals surface area contributed by atoms with Gasteiger partial charge >= 0.3 is 0 Å². The van der Waals surface area contributed by atoms with E-state index in [-0.39, 0.29) is 30.7 Å². The largest absolute Gasteiger partial charge is 0.328 e. The number of benzene rings is 5. The van der Waals surface area contributed by atoms with Crippen molar-refractivity contribution in [3.8, 4) is 16.9 Å². The Hall–Kier alpha value is -5.82. The quantitative estimate of drug-likeness (QED) is 0.179. The van der Waals surface area contributed by atoms with Crippen molar-refractivity contribution in [2.24, 2.45) is 0 Å². The Bertz CT molecular complexity index is 1820. The monoisotopic (exact) mass is 594 g/mol. The molecule has 2 amide bonds. The zero-order valence-electron chi connectivity index (χ0n) is 24.5. The highest BCUT2D eigenvalue weighted by molar-refractivity contribution is 5.96. The first-order valence-electron chi connectivity index (χ1n) is 14.7. The SMILES string of the molecule is O=C(CN(Cc1ccccc1)C(=O)C(c1ccccc1)c1ccccc1)Nc1cc(-c2ccccc2)nn1-c1ccc(F)cc1. The summed E-state index contributed by atoms with van der Waals surface area (Å²) >= 11 is 0. The Morgan fingerprint density at radius 3 is 1.82 bits per heavy atom. The van der Waals surface area contributed by atoms with E-state index in [2.05, 4.69) is 5.32 Å². The zero-order chi connectivity index (χ0) is 31.0. The minimum atomic E-state index is -0.599. The van der Waals surface area contributed by atoms with Crippen LogP contribution in [0.3, 0.4) is 0 Å². The van der Waals surface area contributed by atoms with Crippen LogP contribution in [-0.4, -0.2) is 33.0 Å². The molecule has 0 spiro atoms. The lowest BCUT2D eigenvalue weighted by Gasteiger charge is -2.28. The lowest BCUT2D eigenvalue weighted by atomic mass is 9.90. The third-order valence-electron chi connectivity index (χ3n) is 7.49.